The zero-order valence-corrected chi connectivity index (χ0v) is 10.5. The highest BCUT2D eigenvalue weighted by Crippen LogP contribution is 2.50. The number of aromatic nitrogens is 2. The van der Waals surface area contributed by atoms with Crippen molar-refractivity contribution in [3.05, 3.63) is 16.4 Å². The van der Waals surface area contributed by atoms with Crippen molar-refractivity contribution in [3.63, 3.8) is 0 Å². The van der Waals surface area contributed by atoms with Gasteiger partial charge in [0.25, 0.3) is 0 Å². The number of nitrogens with zero attached hydrogens (tertiary/aromatic N) is 2. The van der Waals surface area contributed by atoms with Gasteiger partial charge in [-0.2, -0.15) is 15.7 Å². The fourth-order valence-electron chi connectivity index (χ4n) is 1.97. The number of aliphatic hydroxyl groups is 1. The van der Waals surface area contributed by atoms with Gasteiger partial charge in [-0.05, 0) is 13.3 Å². The zero-order chi connectivity index (χ0) is 11.9. The highest BCUT2D eigenvalue weighted by atomic mass is 35.5. The summed E-state index contributed by atoms with van der Waals surface area (Å²) in [6.45, 7) is 1.63. The van der Waals surface area contributed by atoms with E-state index < -0.39 is 10.6 Å². The van der Waals surface area contributed by atoms with Gasteiger partial charge in [-0.3, -0.25) is 9.11 Å². The molecule has 1 aliphatic heterocycles. The molecule has 3 N–H and O–H groups in total. The number of hydrogen-bond donors (Lipinski definition) is 3. The van der Waals surface area contributed by atoms with Crippen molar-refractivity contribution in [1.29, 1.82) is 0 Å². The van der Waals surface area contributed by atoms with Gasteiger partial charge in [0.05, 0.1) is 24.1 Å². The average Bonchev–Trinajstić information content (AvgIpc) is 2.68. The van der Waals surface area contributed by atoms with Gasteiger partial charge in [0.15, 0.2) is 0 Å². The minimum atomic E-state index is -2.45. The first kappa shape index (κ1) is 12.2. The molecule has 1 aromatic rings. The van der Waals surface area contributed by atoms with Crippen LogP contribution in [0.15, 0.2) is 0 Å². The molecule has 0 bridgehead atoms. The minimum absolute atomic E-state index is 0.0727. The largest absolute Gasteiger partial charge is 0.391 e. The van der Waals surface area contributed by atoms with Crippen molar-refractivity contribution < 1.29 is 14.2 Å². The molecule has 1 aliphatic rings. The highest BCUT2D eigenvalue weighted by molar-refractivity contribution is 8.24. The number of aliphatic hydroxyl groups excluding tert-OH is 1. The summed E-state index contributed by atoms with van der Waals surface area (Å²) in [4.78, 5) is 0. The number of rotatable bonds is 2. The molecule has 5 nitrogen and oxygen atoms in total. The first-order valence-electron chi connectivity index (χ1n) is 5.02. The Kier molecular flexibility index (Phi) is 3.20. The van der Waals surface area contributed by atoms with Crippen LogP contribution >= 0.6 is 22.2 Å². The molecule has 0 amide bonds. The summed E-state index contributed by atoms with van der Waals surface area (Å²) in [6.07, 6.45) is 0.661. The second kappa shape index (κ2) is 4.19. The Bertz CT molecular complexity index is 408. The van der Waals surface area contributed by atoms with Crippen molar-refractivity contribution >= 4 is 22.2 Å². The van der Waals surface area contributed by atoms with Crippen molar-refractivity contribution in [1.82, 2.24) is 9.78 Å². The lowest BCUT2D eigenvalue weighted by Gasteiger charge is -2.26. The van der Waals surface area contributed by atoms with E-state index in [-0.39, 0.29) is 12.6 Å². The topological polar surface area (TPSA) is 78.5 Å². The first-order valence-corrected chi connectivity index (χ1v) is 7.29. The Balaban J connectivity index is 2.29. The summed E-state index contributed by atoms with van der Waals surface area (Å²) in [5.41, 5.74) is 1.31. The molecule has 2 rings (SSSR count). The Morgan fingerprint density at radius 2 is 2.25 bits per heavy atom. The molecule has 0 radical (unpaired) electrons. The highest BCUT2D eigenvalue weighted by Gasteiger charge is 2.32. The molecule has 1 saturated heterocycles. The molecule has 0 saturated carbocycles. The third-order valence-electron chi connectivity index (χ3n) is 2.89. The molecule has 7 heteroatoms. The Hall–Kier alpha value is -0.270. The molecule has 92 valence electrons. The Morgan fingerprint density at radius 3 is 2.69 bits per heavy atom. The van der Waals surface area contributed by atoms with E-state index in [4.69, 9.17) is 16.7 Å². The summed E-state index contributed by atoms with van der Waals surface area (Å²) >= 11 is 6.09. The van der Waals surface area contributed by atoms with Gasteiger partial charge in [0, 0.05) is 11.3 Å². The van der Waals surface area contributed by atoms with Crippen molar-refractivity contribution in [2.24, 2.45) is 0 Å². The monoisotopic (exact) mass is 266 g/mol. The summed E-state index contributed by atoms with van der Waals surface area (Å²) in [5, 5.41) is 13.8. The van der Waals surface area contributed by atoms with E-state index >= 15 is 0 Å². The van der Waals surface area contributed by atoms with E-state index in [2.05, 4.69) is 5.10 Å². The standard InChI is InChI=1S/C9H15ClN2O3S/c1-6-8(4-13)9(10)12(11-6)7-2-3-16(14,15)5-7/h7,13-15H,2-5H2,1H3. The molecule has 1 unspecified atom stereocenters. The van der Waals surface area contributed by atoms with Crippen LogP contribution in [0.4, 0.5) is 0 Å². The maximum absolute atomic E-state index is 9.56. The number of halogens is 1. The van der Waals surface area contributed by atoms with Gasteiger partial charge in [-0.1, -0.05) is 11.6 Å². The molecule has 0 aromatic carbocycles. The van der Waals surface area contributed by atoms with E-state index in [1.54, 1.807) is 11.6 Å². The van der Waals surface area contributed by atoms with Crippen molar-refractivity contribution in [3.8, 4) is 0 Å². The Labute approximate surface area is 100 Å². The lowest BCUT2D eigenvalue weighted by molar-refractivity contribution is 0.281. The van der Waals surface area contributed by atoms with Crippen molar-refractivity contribution in [2.45, 2.75) is 26.0 Å². The summed E-state index contributed by atoms with van der Waals surface area (Å²) < 4.78 is 20.7. The molecule has 1 fully saturated rings. The van der Waals surface area contributed by atoms with Crippen LogP contribution in [0.25, 0.3) is 0 Å². The van der Waals surface area contributed by atoms with Gasteiger partial charge < -0.3 is 5.11 Å². The van der Waals surface area contributed by atoms with Gasteiger partial charge in [-0.15, -0.1) is 0 Å². The molecule has 2 heterocycles. The fourth-order valence-corrected chi connectivity index (χ4v) is 4.08. The number of hydrogen-bond acceptors (Lipinski definition) is 4. The summed E-state index contributed by atoms with van der Waals surface area (Å²) in [6, 6.07) is -0.0727. The predicted molar refractivity (Wildman–Crippen MR) is 64.1 cm³/mol. The molecule has 0 spiro atoms. The van der Waals surface area contributed by atoms with Crippen LogP contribution in [0.5, 0.6) is 0 Å². The third-order valence-corrected chi connectivity index (χ3v) is 5.10. The predicted octanol–water partition coefficient (Wildman–Crippen LogP) is 2.03. The second-order valence-corrected chi connectivity index (χ2v) is 6.78. The molecule has 16 heavy (non-hydrogen) atoms. The normalized spacial score (nSPS) is 25.9. The Morgan fingerprint density at radius 1 is 1.56 bits per heavy atom. The molecular weight excluding hydrogens is 252 g/mol. The molecule has 1 aromatic heterocycles. The molecule has 0 aliphatic carbocycles. The van der Waals surface area contributed by atoms with Crippen LogP contribution in [0.3, 0.4) is 0 Å². The SMILES string of the molecule is Cc1nn(C2CCS(O)(O)C2)c(Cl)c1CO. The van der Waals surface area contributed by atoms with Crippen LogP contribution in [0.1, 0.15) is 23.7 Å². The van der Waals surface area contributed by atoms with E-state index in [1.807, 2.05) is 0 Å². The molecule has 1 atom stereocenters. The van der Waals surface area contributed by atoms with Crippen LogP contribution < -0.4 is 0 Å². The van der Waals surface area contributed by atoms with Crippen LogP contribution in [-0.2, 0) is 6.61 Å². The second-order valence-electron chi connectivity index (χ2n) is 4.07. The average molecular weight is 267 g/mol. The zero-order valence-electron chi connectivity index (χ0n) is 8.93. The summed E-state index contributed by atoms with van der Waals surface area (Å²) in [5.74, 6) is 0.708. The van der Waals surface area contributed by atoms with Crippen LogP contribution in [-0.4, -0.2) is 35.5 Å². The van der Waals surface area contributed by atoms with Crippen LogP contribution in [0.2, 0.25) is 5.15 Å². The molecular formula is C9H15ClN2O3S. The maximum Gasteiger partial charge on any atom is 0.133 e. The van der Waals surface area contributed by atoms with Gasteiger partial charge in [0.1, 0.15) is 5.15 Å². The van der Waals surface area contributed by atoms with E-state index in [9.17, 15) is 9.11 Å². The van der Waals surface area contributed by atoms with Gasteiger partial charge in [-0.25, -0.2) is 4.68 Å². The van der Waals surface area contributed by atoms with Crippen molar-refractivity contribution in [2.75, 3.05) is 11.5 Å². The van der Waals surface area contributed by atoms with Gasteiger partial charge >= 0.3 is 0 Å². The van der Waals surface area contributed by atoms with E-state index in [0.29, 0.717) is 34.3 Å². The fraction of sp³-hybridized carbons (Fsp3) is 0.667. The smallest absolute Gasteiger partial charge is 0.133 e. The van der Waals surface area contributed by atoms with Crippen LogP contribution in [0, 0.1) is 6.92 Å². The number of aryl methyl sites for hydroxylation is 1. The van der Waals surface area contributed by atoms with E-state index in [1.165, 1.54) is 0 Å². The lowest BCUT2D eigenvalue weighted by Crippen LogP contribution is -2.11. The lowest BCUT2D eigenvalue weighted by atomic mass is 10.2. The maximum atomic E-state index is 9.56. The minimum Gasteiger partial charge on any atom is -0.391 e. The first-order chi connectivity index (χ1) is 7.44. The summed E-state index contributed by atoms with van der Waals surface area (Å²) in [7, 11) is -2.45. The van der Waals surface area contributed by atoms with Gasteiger partial charge in [0.2, 0.25) is 0 Å². The quantitative estimate of drug-likeness (QED) is 0.765. The third kappa shape index (κ3) is 2.08. The van der Waals surface area contributed by atoms with E-state index in [0.717, 1.165) is 0 Å².